The Morgan fingerprint density at radius 1 is 1.21 bits per heavy atom. The minimum absolute atomic E-state index is 0.583. The highest BCUT2D eigenvalue weighted by molar-refractivity contribution is 5.52. The molecule has 1 aromatic carbocycles. The van der Waals surface area contributed by atoms with Gasteiger partial charge in [0.15, 0.2) is 0 Å². The molecule has 1 fully saturated rings. The van der Waals surface area contributed by atoms with Crippen LogP contribution in [0.1, 0.15) is 45.1 Å². The van der Waals surface area contributed by atoms with Crippen LogP contribution in [0.5, 0.6) is 0 Å². The number of likely N-dealkylation sites (tertiary alicyclic amines) is 1. The third-order valence-corrected chi connectivity index (χ3v) is 4.20. The minimum Gasteiger partial charge on any atom is -0.384 e. The molecule has 106 valence electrons. The van der Waals surface area contributed by atoms with Crippen LogP contribution < -0.4 is 5.32 Å². The second-order valence-corrected chi connectivity index (χ2v) is 6.19. The Labute approximate surface area is 118 Å². The van der Waals surface area contributed by atoms with Crippen LogP contribution in [0.25, 0.3) is 0 Å². The number of nitrogens with zero attached hydrogens (tertiary/aromatic N) is 1. The van der Waals surface area contributed by atoms with E-state index >= 15 is 0 Å². The summed E-state index contributed by atoms with van der Waals surface area (Å²) in [6.07, 6.45) is 2.73. The molecule has 0 aliphatic carbocycles. The van der Waals surface area contributed by atoms with Gasteiger partial charge in [0.05, 0.1) is 0 Å². The molecule has 1 aromatic rings. The average molecular weight is 260 g/mol. The van der Waals surface area contributed by atoms with Gasteiger partial charge in [0.1, 0.15) is 0 Å². The number of benzene rings is 1. The highest BCUT2D eigenvalue weighted by Gasteiger charge is 2.15. The molecule has 1 N–H and O–H groups in total. The monoisotopic (exact) mass is 260 g/mol. The van der Waals surface area contributed by atoms with Crippen LogP contribution in [0.2, 0.25) is 0 Å². The number of hydrogen-bond acceptors (Lipinski definition) is 2. The Kier molecular flexibility index (Phi) is 5.26. The molecule has 19 heavy (non-hydrogen) atoms. The van der Waals surface area contributed by atoms with Crippen LogP contribution in [-0.4, -0.2) is 31.1 Å². The summed E-state index contributed by atoms with van der Waals surface area (Å²) >= 11 is 0. The summed E-state index contributed by atoms with van der Waals surface area (Å²) in [5, 5.41) is 3.61. The second kappa shape index (κ2) is 6.95. The van der Waals surface area contributed by atoms with Gasteiger partial charge in [-0.25, -0.2) is 0 Å². The van der Waals surface area contributed by atoms with Crippen molar-refractivity contribution in [1.29, 1.82) is 0 Å². The van der Waals surface area contributed by atoms with Gasteiger partial charge in [-0.3, -0.25) is 0 Å². The van der Waals surface area contributed by atoms with Gasteiger partial charge in [0.25, 0.3) is 0 Å². The topological polar surface area (TPSA) is 15.3 Å². The largest absolute Gasteiger partial charge is 0.384 e. The Bertz CT molecular complexity index is 379. The van der Waals surface area contributed by atoms with E-state index in [1.54, 1.807) is 0 Å². The maximum absolute atomic E-state index is 3.61. The van der Waals surface area contributed by atoms with Crippen molar-refractivity contribution in [2.45, 2.75) is 39.5 Å². The van der Waals surface area contributed by atoms with Crippen molar-refractivity contribution in [3.8, 4) is 0 Å². The number of hydrogen-bond donors (Lipinski definition) is 1. The zero-order valence-electron chi connectivity index (χ0n) is 12.7. The molecule has 2 nitrogen and oxygen atoms in total. The van der Waals surface area contributed by atoms with Gasteiger partial charge in [-0.05, 0) is 49.4 Å². The Balaban J connectivity index is 1.79. The van der Waals surface area contributed by atoms with Crippen molar-refractivity contribution < 1.29 is 0 Å². The fourth-order valence-electron chi connectivity index (χ4n) is 2.80. The first-order valence-electron chi connectivity index (χ1n) is 7.72. The highest BCUT2D eigenvalue weighted by Crippen LogP contribution is 2.23. The molecule has 2 rings (SSSR count). The molecule has 0 radical (unpaired) electrons. The average Bonchev–Trinajstić information content (AvgIpc) is 2.41. The molecule has 1 aliphatic heterocycles. The van der Waals surface area contributed by atoms with Crippen molar-refractivity contribution >= 4 is 5.69 Å². The number of rotatable bonds is 5. The van der Waals surface area contributed by atoms with E-state index in [9.17, 15) is 0 Å². The molecule has 2 heteroatoms. The molecule has 0 unspecified atom stereocenters. The van der Waals surface area contributed by atoms with Gasteiger partial charge in [-0.15, -0.1) is 0 Å². The van der Waals surface area contributed by atoms with Crippen LogP contribution >= 0.6 is 0 Å². The third-order valence-electron chi connectivity index (χ3n) is 4.20. The summed E-state index contributed by atoms with van der Waals surface area (Å²) in [7, 11) is 0. The van der Waals surface area contributed by atoms with E-state index in [2.05, 4.69) is 55.3 Å². The van der Waals surface area contributed by atoms with Crippen molar-refractivity contribution in [1.82, 2.24) is 4.90 Å². The fourth-order valence-corrected chi connectivity index (χ4v) is 2.80. The smallest absolute Gasteiger partial charge is 0.0375 e. The van der Waals surface area contributed by atoms with Crippen LogP contribution in [0, 0.1) is 5.92 Å². The van der Waals surface area contributed by atoms with Crippen LogP contribution in [0.15, 0.2) is 24.3 Å². The summed E-state index contributed by atoms with van der Waals surface area (Å²) in [5.74, 6) is 1.51. The van der Waals surface area contributed by atoms with E-state index in [0.29, 0.717) is 5.92 Å². The van der Waals surface area contributed by atoms with Gasteiger partial charge in [0.2, 0.25) is 0 Å². The standard InChI is InChI=1S/C17H28N2/c1-14(2)16-6-4-5-7-17(16)18-10-13-19-11-8-15(3)9-12-19/h4-7,14-15,18H,8-13H2,1-3H3. The quantitative estimate of drug-likeness (QED) is 0.862. The second-order valence-electron chi connectivity index (χ2n) is 6.19. The molecule has 0 bridgehead atoms. The zero-order valence-corrected chi connectivity index (χ0v) is 12.7. The molecule has 1 aliphatic rings. The van der Waals surface area contributed by atoms with E-state index in [1.165, 1.54) is 43.7 Å². The SMILES string of the molecule is CC1CCN(CCNc2ccccc2C(C)C)CC1. The van der Waals surface area contributed by atoms with Crippen LogP contribution in [0.4, 0.5) is 5.69 Å². The van der Waals surface area contributed by atoms with Gasteiger partial charge in [0, 0.05) is 18.8 Å². The minimum atomic E-state index is 0.583. The number of nitrogens with one attached hydrogen (secondary N) is 1. The normalized spacial score (nSPS) is 17.9. The van der Waals surface area contributed by atoms with Crippen LogP contribution in [-0.2, 0) is 0 Å². The third kappa shape index (κ3) is 4.24. The van der Waals surface area contributed by atoms with Gasteiger partial charge in [-0.2, -0.15) is 0 Å². The lowest BCUT2D eigenvalue weighted by molar-refractivity contribution is 0.199. The van der Waals surface area contributed by atoms with E-state index < -0.39 is 0 Å². The van der Waals surface area contributed by atoms with Crippen molar-refractivity contribution in [2.75, 3.05) is 31.5 Å². The van der Waals surface area contributed by atoms with Crippen molar-refractivity contribution in [3.63, 3.8) is 0 Å². The first-order chi connectivity index (χ1) is 9.16. The summed E-state index contributed by atoms with van der Waals surface area (Å²) in [6.45, 7) is 11.6. The van der Waals surface area contributed by atoms with Gasteiger partial charge < -0.3 is 10.2 Å². The lowest BCUT2D eigenvalue weighted by atomic mass is 9.99. The number of para-hydroxylation sites is 1. The first-order valence-corrected chi connectivity index (χ1v) is 7.72. The zero-order chi connectivity index (χ0) is 13.7. The molecule has 1 heterocycles. The molecule has 0 saturated carbocycles. The molecule has 1 saturated heterocycles. The molecule has 0 amide bonds. The maximum Gasteiger partial charge on any atom is 0.0375 e. The van der Waals surface area contributed by atoms with E-state index in [4.69, 9.17) is 0 Å². The lowest BCUT2D eigenvalue weighted by Gasteiger charge is -2.30. The summed E-state index contributed by atoms with van der Waals surface area (Å²) < 4.78 is 0. The molecule has 0 spiro atoms. The predicted molar refractivity (Wildman–Crippen MR) is 83.9 cm³/mol. The molecular weight excluding hydrogens is 232 g/mol. The fraction of sp³-hybridized carbons (Fsp3) is 0.647. The predicted octanol–water partition coefficient (Wildman–Crippen LogP) is 3.95. The van der Waals surface area contributed by atoms with Crippen molar-refractivity contribution in [3.05, 3.63) is 29.8 Å². The first kappa shape index (κ1) is 14.4. The van der Waals surface area contributed by atoms with Crippen LogP contribution in [0.3, 0.4) is 0 Å². The van der Waals surface area contributed by atoms with E-state index in [0.717, 1.165) is 12.5 Å². The Morgan fingerprint density at radius 2 is 1.89 bits per heavy atom. The number of anilines is 1. The van der Waals surface area contributed by atoms with E-state index in [-0.39, 0.29) is 0 Å². The number of piperidine rings is 1. The maximum atomic E-state index is 3.61. The molecule has 0 atom stereocenters. The molecule has 0 aromatic heterocycles. The molecular formula is C17H28N2. The summed E-state index contributed by atoms with van der Waals surface area (Å²) in [6, 6.07) is 8.69. The van der Waals surface area contributed by atoms with Gasteiger partial charge >= 0.3 is 0 Å². The summed E-state index contributed by atoms with van der Waals surface area (Å²) in [5.41, 5.74) is 2.73. The highest BCUT2D eigenvalue weighted by atomic mass is 15.1. The summed E-state index contributed by atoms with van der Waals surface area (Å²) in [4.78, 5) is 2.59. The van der Waals surface area contributed by atoms with Crippen molar-refractivity contribution in [2.24, 2.45) is 5.92 Å². The van der Waals surface area contributed by atoms with E-state index in [1.807, 2.05) is 0 Å². The Hall–Kier alpha value is -1.02. The lowest BCUT2D eigenvalue weighted by Crippen LogP contribution is -2.36. The Morgan fingerprint density at radius 3 is 2.58 bits per heavy atom. The van der Waals surface area contributed by atoms with Gasteiger partial charge in [-0.1, -0.05) is 39.0 Å².